The summed E-state index contributed by atoms with van der Waals surface area (Å²) in [6.07, 6.45) is 9.70. The number of pyridine rings is 1. The second-order valence-corrected chi connectivity index (χ2v) is 6.08. The van der Waals surface area contributed by atoms with Crippen LogP contribution < -0.4 is 0 Å². The summed E-state index contributed by atoms with van der Waals surface area (Å²) < 4.78 is 4.29. The summed E-state index contributed by atoms with van der Waals surface area (Å²) in [4.78, 5) is 11.4. The Hall–Kier alpha value is -2.47. The highest BCUT2D eigenvalue weighted by molar-refractivity contribution is 5.04. The lowest BCUT2D eigenvalue weighted by atomic mass is 10.1. The molecular formula is C17H20N6. The highest BCUT2D eigenvalue weighted by Crippen LogP contribution is 2.18. The first kappa shape index (κ1) is 14.1. The molecule has 0 saturated heterocycles. The van der Waals surface area contributed by atoms with Crippen LogP contribution in [0.2, 0.25) is 0 Å². The van der Waals surface area contributed by atoms with Gasteiger partial charge in [-0.2, -0.15) is 5.10 Å². The van der Waals surface area contributed by atoms with E-state index in [4.69, 9.17) is 0 Å². The molecule has 4 rings (SSSR count). The fourth-order valence-electron chi connectivity index (χ4n) is 3.25. The molecule has 6 nitrogen and oxygen atoms in total. The molecule has 23 heavy (non-hydrogen) atoms. The van der Waals surface area contributed by atoms with Gasteiger partial charge in [0.1, 0.15) is 5.82 Å². The zero-order chi connectivity index (χ0) is 15.5. The zero-order valence-corrected chi connectivity index (χ0v) is 13.0. The van der Waals surface area contributed by atoms with E-state index in [-0.39, 0.29) is 0 Å². The van der Waals surface area contributed by atoms with Crippen molar-refractivity contribution in [1.29, 1.82) is 0 Å². The van der Waals surface area contributed by atoms with Gasteiger partial charge >= 0.3 is 0 Å². The molecule has 6 heteroatoms. The predicted molar refractivity (Wildman–Crippen MR) is 86.3 cm³/mol. The van der Waals surface area contributed by atoms with Gasteiger partial charge in [-0.25, -0.2) is 4.98 Å². The summed E-state index contributed by atoms with van der Waals surface area (Å²) in [5, 5.41) is 4.35. The summed E-state index contributed by atoms with van der Waals surface area (Å²) in [7, 11) is 0. The van der Waals surface area contributed by atoms with Crippen molar-refractivity contribution in [2.24, 2.45) is 5.92 Å². The quantitative estimate of drug-likeness (QED) is 0.737. The molecule has 0 saturated carbocycles. The van der Waals surface area contributed by atoms with Crippen molar-refractivity contribution in [3.63, 3.8) is 0 Å². The summed E-state index contributed by atoms with van der Waals surface area (Å²) in [6.45, 7) is 4.62. The lowest BCUT2D eigenvalue weighted by Crippen LogP contribution is -2.30. The average Bonchev–Trinajstić information content (AvgIpc) is 3.18. The largest absolute Gasteiger partial charge is 0.333 e. The Morgan fingerprint density at radius 1 is 1.00 bits per heavy atom. The minimum atomic E-state index is 0.495. The Labute approximate surface area is 135 Å². The normalized spacial score (nSPS) is 18.5. The van der Waals surface area contributed by atoms with Gasteiger partial charge in [0.25, 0.3) is 0 Å². The second-order valence-electron chi connectivity index (χ2n) is 6.08. The number of aromatic nitrogens is 5. The van der Waals surface area contributed by atoms with Gasteiger partial charge in [0.05, 0.1) is 12.2 Å². The molecule has 0 spiro atoms. The van der Waals surface area contributed by atoms with E-state index in [0.29, 0.717) is 5.92 Å². The maximum Gasteiger partial charge on any atom is 0.122 e. The molecule has 0 N–H and O–H groups in total. The second kappa shape index (κ2) is 6.34. The smallest absolute Gasteiger partial charge is 0.122 e. The molecule has 118 valence electrons. The van der Waals surface area contributed by atoms with Crippen molar-refractivity contribution in [2.45, 2.75) is 26.2 Å². The van der Waals surface area contributed by atoms with Crippen LogP contribution in [-0.4, -0.2) is 35.8 Å². The molecule has 1 aliphatic heterocycles. The Morgan fingerprint density at radius 3 is 2.83 bits per heavy atom. The number of imidazole rings is 1. The van der Waals surface area contributed by atoms with Crippen LogP contribution >= 0.6 is 0 Å². The molecule has 0 fully saturated rings. The Bertz CT molecular complexity index is 734. The van der Waals surface area contributed by atoms with Crippen molar-refractivity contribution >= 4 is 0 Å². The third-order valence-corrected chi connectivity index (χ3v) is 4.25. The van der Waals surface area contributed by atoms with Crippen molar-refractivity contribution in [1.82, 2.24) is 29.2 Å². The minimum Gasteiger partial charge on any atom is -0.333 e. The minimum absolute atomic E-state index is 0.495. The first-order valence-electron chi connectivity index (χ1n) is 7.96. The van der Waals surface area contributed by atoms with Crippen LogP contribution in [0, 0.1) is 5.92 Å². The molecule has 1 atom stereocenters. The van der Waals surface area contributed by atoms with E-state index < -0.39 is 0 Å². The van der Waals surface area contributed by atoms with Gasteiger partial charge in [0.15, 0.2) is 0 Å². The Morgan fingerprint density at radius 2 is 2.00 bits per heavy atom. The molecule has 1 aliphatic rings. The van der Waals surface area contributed by atoms with E-state index in [1.807, 2.05) is 47.7 Å². The first-order chi connectivity index (χ1) is 11.4. The van der Waals surface area contributed by atoms with Crippen LogP contribution in [0.1, 0.15) is 11.5 Å². The fourth-order valence-corrected chi connectivity index (χ4v) is 3.25. The van der Waals surface area contributed by atoms with E-state index in [2.05, 4.69) is 36.8 Å². The SMILES string of the molecule is c1ccc(CN2Cc3nccn3C[C@H](Cn3cccn3)C2)nc1. The van der Waals surface area contributed by atoms with Gasteiger partial charge in [-0.3, -0.25) is 14.6 Å². The standard InChI is InChI=1S/C17H20N6/c1-2-5-18-16(4-1)13-21-10-15(12-23-8-3-6-20-23)11-22-9-7-19-17(22)14-21/h1-9,15H,10-14H2/t15-/m1/s1. The fraction of sp³-hybridized carbons (Fsp3) is 0.353. The third-order valence-electron chi connectivity index (χ3n) is 4.25. The number of hydrogen-bond acceptors (Lipinski definition) is 4. The molecule has 3 aromatic heterocycles. The highest BCUT2D eigenvalue weighted by atomic mass is 15.3. The number of rotatable bonds is 4. The van der Waals surface area contributed by atoms with E-state index >= 15 is 0 Å². The lowest BCUT2D eigenvalue weighted by Gasteiger charge is -2.23. The topological polar surface area (TPSA) is 51.8 Å². The van der Waals surface area contributed by atoms with Gasteiger partial charge < -0.3 is 4.57 Å². The van der Waals surface area contributed by atoms with Crippen LogP contribution in [0.4, 0.5) is 0 Å². The molecule has 0 amide bonds. The molecule has 0 bridgehead atoms. The van der Waals surface area contributed by atoms with Crippen molar-refractivity contribution in [3.05, 3.63) is 66.8 Å². The molecule has 0 aromatic carbocycles. The summed E-state index contributed by atoms with van der Waals surface area (Å²) >= 11 is 0. The van der Waals surface area contributed by atoms with E-state index in [9.17, 15) is 0 Å². The first-order valence-corrected chi connectivity index (χ1v) is 7.96. The molecule has 3 aromatic rings. The maximum atomic E-state index is 4.52. The number of hydrogen-bond donors (Lipinski definition) is 0. The molecule has 0 radical (unpaired) electrons. The molecule has 0 unspecified atom stereocenters. The highest BCUT2D eigenvalue weighted by Gasteiger charge is 2.23. The molecule has 0 aliphatic carbocycles. The van der Waals surface area contributed by atoms with Crippen LogP contribution in [0.25, 0.3) is 0 Å². The Kier molecular flexibility index (Phi) is 3.90. The van der Waals surface area contributed by atoms with Crippen molar-refractivity contribution in [2.75, 3.05) is 6.54 Å². The van der Waals surface area contributed by atoms with Crippen LogP contribution in [0.3, 0.4) is 0 Å². The van der Waals surface area contributed by atoms with Gasteiger partial charge in [0.2, 0.25) is 0 Å². The van der Waals surface area contributed by atoms with Gasteiger partial charge in [-0.15, -0.1) is 0 Å². The van der Waals surface area contributed by atoms with Crippen LogP contribution in [0.5, 0.6) is 0 Å². The third kappa shape index (κ3) is 3.32. The van der Waals surface area contributed by atoms with Crippen molar-refractivity contribution in [3.8, 4) is 0 Å². The van der Waals surface area contributed by atoms with Crippen LogP contribution in [-0.2, 0) is 26.2 Å². The monoisotopic (exact) mass is 308 g/mol. The Balaban J connectivity index is 1.54. The summed E-state index contributed by atoms with van der Waals surface area (Å²) in [5.74, 6) is 1.62. The molecular weight excluding hydrogens is 288 g/mol. The summed E-state index contributed by atoms with van der Waals surface area (Å²) in [6, 6.07) is 8.06. The van der Waals surface area contributed by atoms with Gasteiger partial charge in [-0.05, 0) is 18.2 Å². The van der Waals surface area contributed by atoms with Crippen LogP contribution in [0.15, 0.2) is 55.2 Å². The predicted octanol–water partition coefficient (Wildman–Crippen LogP) is 1.81. The van der Waals surface area contributed by atoms with E-state index in [0.717, 1.165) is 44.2 Å². The van der Waals surface area contributed by atoms with Crippen molar-refractivity contribution < 1.29 is 0 Å². The average molecular weight is 308 g/mol. The summed E-state index contributed by atoms with van der Waals surface area (Å²) in [5.41, 5.74) is 1.10. The van der Waals surface area contributed by atoms with E-state index in [1.54, 1.807) is 0 Å². The molecule has 4 heterocycles. The number of nitrogens with zero attached hydrogens (tertiary/aromatic N) is 6. The number of fused-ring (bicyclic) bond motifs is 1. The maximum absolute atomic E-state index is 4.52. The zero-order valence-electron chi connectivity index (χ0n) is 13.0. The van der Waals surface area contributed by atoms with E-state index in [1.165, 1.54) is 0 Å². The lowest BCUT2D eigenvalue weighted by molar-refractivity contribution is 0.203. The van der Waals surface area contributed by atoms with Gasteiger partial charge in [-0.1, -0.05) is 6.07 Å². The van der Waals surface area contributed by atoms with Gasteiger partial charge in [0, 0.05) is 63.1 Å².